The van der Waals surface area contributed by atoms with Gasteiger partial charge in [-0.2, -0.15) is 0 Å². The number of ether oxygens (including phenoxy) is 1. The van der Waals surface area contributed by atoms with Crippen LogP contribution < -0.4 is 15.4 Å². The lowest BCUT2D eigenvalue weighted by Crippen LogP contribution is -2.23. The number of amides is 1. The van der Waals surface area contributed by atoms with Gasteiger partial charge in [-0.15, -0.1) is 24.5 Å². The Hall–Kier alpha value is -3.07. The molecule has 0 aliphatic rings. The first kappa shape index (κ1) is 19.7. The molecule has 0 unspecified atom stereocenters. The quantitative estimate of drug-likeness (QED) is 0.602. The summed E-state index contributed by atoms with van der Waals surface area (Å²) >= 11 is 1.22. The van der Waals surface area contributed by atoms with Crippen molar-refractivity contribution in [1.82, 2.24) is 10.3 Å². The summed E-state index contributed by atoms with van der Waals surface area (Å²) in [4.78, 5) is 16.4. The van der Waals surface area contributed by atoms with Gasteiger partial charge in [0.05, 0.1) is 0 Å². The molecule has 0 aliphatic carbocycles. The molecule has 1 amide bonds. The number of carbonyl (C=O) groups is 1. The number of thiazole rings is 1. The number of alkyl halides is 3. The van der Waals surface area contributed by atoms with Crippen molar-refractivity contribution >= 4 is 28.1 Å². The summed E-state index contributed by atoms with van der Waals surface area (Å²) in [6, 6.07) is 13.1. The Morgan fingerprint density at radius 3 is 2.43 bits per heavy atom. The highest BCUT2D eigenvalue weighted by Gasteiger charge is 2.30. The lowest BCUT2D eigenvalue weighted by atomic mass is 10.1. The third-order valence-corrected chi connectivity index (χ3v) is 4.41. The predicted octanol–water partition coefficient (Wildman–Crippen LogP) is 5.02. The van der Waals surface area contributed by atoms with Gasteiger partial charge in [0.1, 0.15) is 11.4 Å². The van der Waals surface area contributed by atoms with E-state index in [0.717, 1.165) is 11.1 Å². The average Bonchev–Trinajstić information content (AvgIpc) is 3.10. The number of hydrogen-bond donors (Lipinski definition) is 2. The van der Waals surface area contributed by atoms with Gasteiger partial charge in [-0.05, 0) is 36.8 Å². The fourth-order valence-corrected chi connectivity index (χ4v) is 2.99. The van der Waals surface area contributed by atoms with Gasteiger partial charge >= 0.3 is 6.36 Å². The molecule has 3 rings (SSSR count). The van der Waals surface area contributed by atoms with E-state index in [9.17, 15) is 18.0 Å². The summed E-state index contributed by atoms with van der Waals surface area (Å²) in [5.41, 5.74) is 2.91. The van der Waals surface area contributed by atoms with E-state index in [1.165, 1.54) is 35.6 Å². The van der Waals surface area contributed by atoms with Gasteiger partial charge in [0.2, 0.25) is 0 Å². The predicted molar refractivity (Wildman–Crippen MR) is 101 cm³/mol. The maximum Gasteiger partial charge on any atom is 0.573 e. The second kappa shape index (κ2) is 8.30. The van der Waals surface area contributed by atoms with E-state index in [4.69, 9.17) is 0 Å². The average molecular weight is 407 g/mol. The minimum absolute atomic E-state index is 0.261. The minimum atomic E-state index is -4.73. The maximum absolute atomic E-state index is 12.2. The van der Waals surface area contributed by atoms with Crippen molar-refractivity contribution < 1.29 is 22.7 Å². The highest BCUT2D eigenvalue weighted by atomic mass is 32.1. The fraction of sp³-hybridized carbons (Fsp3) is 0.158. The zero-order valence-corrected chi connectivity index (χ0v) is 15.5. The first-order chi connectivity index (χ1) is 13.3. The van der Waals surface area contributed by atoms with Crippen LogP contribution >= 0.6 is 11.3 Å². The van der Waals surface area contributed by atoms with Crippen LogP contribution in [0.1, 0.15) is 21.6 Å². The Labute approximate surface area is 163 Å². The van der Waals surface area contributed by atoms with Crippen LogP contribution in [-0.4, -0.2) is 17.3 Å². The van der Waals surface area contributed by atoms with Crippen LogP contribution in [-0.2, 0) is 6.54 Å². The van der Waals surface area contributed by atoms with Crippen molar-refractivity contribution in [2.24, 2.45) is 0 Å². The molecule has 0 bridgehead atoms. The summed E-state index contributed by atoms with van der Waals surface area (Å²) in [5, 5.41) is 7.79. The molecule has 146 valence electrons. The third kappa shape index (κ3) is 5.71. The van der Waals surface area contributed by atoms with Crippen LogP contribution in [0, 0.1) is 6.92 Å². The fourth-order valence-electron chi connectivity index (χ4n) is 2.28. The van der Waals surface area contributed by atoms with Gasteiger partial charge in [-0.25, -0.2) is 4.98 Å². The Balaban J connectivity index is 1.56. The van der Waals surface area contributed by atoms with Crippen molar-refractivity contribution in [2.45, 2.75) is 19.8 Å². The number of aromatic nitrogens is 1. The zero-order chi connectivity index (χ0) is 20.1. The number of halogens is 3. The smallest absolute Gasteiger partial charge is 0.406 e. The van der Waals surface area contributed by atoms with Crippen LogP contribution in [0.5, 0.6) is 5.75 Å². The van der Waals surface area contributed by atoms with E-state index >= 15 is 0 Å². The number of nitrogens with zero attached hydrogens (tertiary/aromatic N) is 1. The number of hydrogen-bond acceptors (Lipinski definition) is 5. The second-order valence-electron chi connectivity index (χ2n) is 5.90. The van der Waals surface area contributed by atoms with Crippen molar-refractivity contribution in [1.29, 1.82) is 0 Å². The first-order valence-electron chi connectivity index (χ1n) is 8.20. The standard InChI is InChI=1S/C19H16F3N3O2S/c1-12-2-4-13(5-3-12)10-23-17(26)16-11-28-18(25-16)24-14-6-8-15(9-7-14)27-19(20,21)22/h2-9,11H,10H2,1H3,(H,23,26)(H,24,25). The second-order valence-corrected chi connectivity index (χ2v) is 6.76. The van der Waals surface area contributed by atoms with Crippen molar-refractivity contribution in [3.05, 3.63) is 70.7 Å². The van der Waals surface area contributed by atoms with Crippen LogP contribution in [0.15, 0.2) is 53.9 Å². The van der Waals surface area contributed by atoms with Crippen molar-refractivity contribution in [3.8, 4) is 5.75 Å². The number of benzene rings is 2. The van der Waals surface area contributed by atoms with E-state index in [0.29, 0.717) is 17.4 Å². The maximum atomic E-state index is 12.2. The number of aryl methyl sites for hydroxylation is 1. The Kier molecular flexibility index (Phi) is 5.84. The van der Waals surface area contributed by atoms with Gasteiger partial charge in [-0.1, -0.05) is 29.8 Å². The highest BCUT2D eigenvalue weighted by Crippen LogP contribution is 2.26. The molecule has 2 N–H and O–H groups in total. The largest absolute Gasteiger partial charge is 0.573 e. The number of anilines is 2. The molecule has 0 saturated carbocycles. The van der Waals surface area contributed by atoms with Crippen LogP contribution in [0.4, 0.5) is 24.0 Å². The van der Waals surface area contributed by atoms with Crippen LogP contribution in [0.2, 0.25) is 0 Å². The molecule has 0 atom stereocenters. The van der Waals surface area contributed by atoms with E-state index in [-0.39, 0.29) is 17.4 Å². The molecule has 1 heterocycles. The highest BCUT2D eigenvalue weighted by molar-refractivity contribution is 7.14. The molecule has 1 aromatic heterocycles. The van der Waals surface area contributed by atoms with E-state index < -0.39 is 6.36 Å². The van der Waals surface area contributed by atoms with Gasteiger partial charge < -0.3 is 15.4 Å². The SMILES string of the molecule is Cc1ccc(CNC(=O)c2csc(Nc3ccc(OC(F)(F)F)cc3)n2)cc1. The zero-order valence-electron chi connectivity index (χ0n) is 14.7. The molecule has 0 radical (unpaired) electrons. The Bertz CT molecular complexity index is 938. The Morgan fingerprint density at radius 1 is 1.11 bits per heavy atom. The minimum Gasteiger partial charge on any atom is -0.406 e. The molecule has 0 fully saturated rings. The molecule has 2 aromatic carbocycles. The summed E-state index contributed by atoms with van der Waals surface area (Å²) in [6.07, 6.45) is -4.73. The van der Waals surface area contributed by atoms with Crippen LogP contribution in [0.3, 0.4) is 0 Å². The molecule has 3 aromatic rings. The van der Waals surface area contributed by atoms with Gasteiger partial charge in [0.25, 0.3) is 5.91 Å². The molecule has 9 heteroatoms. The lowest BCUT2D eigenvalue weighted by Gasteiger charge is -2.09. The molecule has 5 nitrogen and oxygen atoms in total. The van der Waals surface area contributed by atoms with Gasteiger partial charge in [0.15, 0.2) is 5.13 Å². The summed E-state index contributed by atoms with van der Waals surface area (Å²) in [7, 11) is 0. The number of carbonyl (C=O) groups excluding carboxylic acids is 1. The molecule has 0 spiro atoms. The van der Waals surface area contributed by atoms with Gasteiger partial charge in [0, 0.05) is 17.6 Å². The topological polar surface area (TPSA) is 63.2 Å². The number of rotatable bonds is 6. The van der Waals surface area contributed by atoms with E-state index in [2.05, 4.69) is 20.4 Å². The molecule has 0 saturated heterocycles. The van der Waals surface area contributed by atoms with Gasteiger partial charge in [-0.3, -0.25) is 4.79 Å². The third-order valence-electron chi connectivity index (χ3n) is 3.65. The van der Waals surface area contributed by atoms with E-state index in [1.807, 2.05) is 31.2 Å². The lowest BCUT2D eigenvalue weighted by molar-refractivity contribution is -0.274. The Morgan fingerprint density at radius 2 is 1.79 bits per heavy atom. The molecule has 0 aliphatic heterocycles. The summed E-state index contributed by atoms with van der Waals surface area (Å²) < 4.78 is 40.3. The monoisotopic (exact) mass is 407 g/mol. The normalized spacial score (nSPS) is 11.1. The first-order valence-corrected chi connectivity index (χ1v) is 9.08. The van der Waals surface area contributed by atoms with E-state index in [1.54, 1.807) is 5.38 Å². The summed E-state index contributed by atoms with van der Waals surface area (Å²) in [6.45, 7) is 2.38. The van der Waals surface area contributed by atoms with Crippen LogP contribution in [0.25, 0.3) is 0 Å². The molecular formula is C19H16F3N3O2S. The summed E-state index contributed by atoms with van der Waals surface area (Å²) in [5.74, 6) is -0.618. The van der Waals surface area contributed by atoms with Crippen molar-refractivity contribution in [3.63, 3.8) is 0 Å². The molecular weight excluding hydrogens is 391 g/mol. The van der Waals surface area contributed by atoms with Crippen molar-refractivity contribution in [2.75, 3.05) is 5.32 Å². The number of nitrogens with one attached hydrogen (secondary N) is 2. The molecule has 28 heavy (non-hydrogen) atoms.